The highest BCUT2D eigenvalue weighted by molar-refractivity contribution is 6.75. The van der Waals surface area contributed by atoms with Crippen molar-refractivity contribution in [1.29, 1.82) is 0 Å². The quantitative estimate of drug-likeness (QED) is 0.329. The Morgan fingerprint density at radius 1 is 0.794 bits per heavy atom. The van der Waals surface area contributed by atoms with E-state index >= 15 is 0 Å². The van der Waals surface area contributed by atoms with E-state index in [1.807, 2.05) is 6.08 Å². The molecule has 0 saturated carbocycles. The van der Waals surface area contributed by atoms with Gasteiger partial charge in [0, 0.05) is 0 Å². The fourth-order valence-electron chi connectivity index (χ4n) is 2.90. The van der Waals surface area contributed by atoms with E-state index in [1.54, 1.807) is 6.92 Å². The largest absolute Gasteiger partial charge is 0.487 e. The Balaban J connectivity index is 3.49. The number of ether oxygens (including phenoxy) is 1. The number of rotatable bonds is 8. The smallest absolute Gasteiger partial charge is 0.193 e. The maximum Gasteiger partial charge on any atom is 0.193 e. The molecular weight excluding hydrogens is 477 g/mol. The predicted octanol–water partition coefficient (Wildman–Crippen LogP) is 7.45. The lowest BCUT2D eigenvalue weighted by Crippen LogP contribution is -2.58. The van der Waals surface area contributed by atoms with Crippen LogP contribution in [0.15, 0.2) is 11.8 Å². The lowest BCUT2D eigenvalue weighted by molar-refractivity contribution is -0.0903. The highest BCUT2D eigenvalue weighted by Crippen LogP contribution is 2.43. The van der Waals surface area contributed by atoms with Crippen LogP contribution in [-0.2, 0) is 18.0 Å². The minimum atomic E-state index is -2.14. The van der Waals surface area contributed by atoms with Gasteiger partial charge in [0.2, 0.25) is 0 Å². The topological polar surface area (TPSA) is 57.2 Å². The van der Waals surface area contributed by atoms with Gasteiger partial charge in [0.15, 0.2) is 25.0 Å². The Morgan fingerprint density at radius 3 is 1.59 bits per heavy atom. The second kappa shape index (κ2) is 10.4. The van der Waals surface area contributed by atoms with Gasteiger partial charge in [-0.15, -0.1) is 0 Å². The molecule has 0 bridgehead atoms. The van der Waals surface area contributed by atoms with Crippen molar-refractivity contribution in [3.63, 3.8) is 0 Å². The van der Waals surface area contributed by atoms with E-state index in [-0.39, 0.29) is 33.4 Å². The lowest BCUT2D eigenvalue weighted by atomic mass is 10.0. The summed E-state index contributed by atoms with van der Waals surface area (Å²) < 4.78 is 27.0. The van der Waals surface area contributed by atoms with Gasteiger partial charge in [0.1, 0.15) is 24.1 Å². The average Bonchev–Trinajstić information content (AvgIpc) is 2.58. The Hall–Kier alpha value is 0.0306. The summed E-state index contributed by atoms with van der Waals surface area (Å²) in [4.78, 5) is 0. The molecule has 1 heterocycles. The van der Waals surface area contributed by atoms with E-state index in [4.69, 9.17) is 18.0 Å². The number of aliphatic hydroxyl groups is 1. The van der Waals surface area contributed by atoms with Crippen molar-refractivity contribution in [3.8, 4) is 0 Å². The molecule has 0 aromatic carbocycles. The first kappa shape index (κ1) is 32.1. The summed E-state index contributed by atoms with van der Waals surface area (Å²) in [6, 6.07) is 0. The summed E-state index contributed by atoms with van der Waals surface area (Å²) >= 11 is 0. The summed E-state index contributed by atoms with van der Waals surface area (Å²) in [6.45, 7) is 36.0. The molecule has 0 saturated heterocycles. The third kappa shape index (κ3) is 7.76. The molecule has 34 heavy (non-hydrogen) atoms. The highest BCUT2D eigenvalue weighted by atomic mass is 28.4. The number of aliphatic hydroxyl groups excluding tert-OH is 1. The van der Waals surface area contributed by atoms with Crippen LogP contribution in [0.1, 0.15) is 69.2 Å². The monoisotopic (exact) mass is 532 g/mol. The molecule has 1 rings (SSSR count). The van der Waals surface area contributed by atoms with E-state index in [1.165, 1.54) is 0 Å². The lowest BCUT2D eigenvalue weighted by Gasteiger charge is -2.48. The van der Waals surface area contributed by atoms with Gasteiger partial charge in [-0.3, -0.25) is 0 Å². The van der Waals surface area contributed by atoms with Crippen molar-refractivity contribution < 1.29 is 23.1 Å². The fraction of sp³-hybridized carbons (Fsp3) is 0.923. The third-order valence-electron chi connectivity index (χ3n) is 8.61. The minimum absolute atomic E-state index is 0.0492. The molecule has 8 heteroatoms. The highest BCUT2D eigenvalue weighted by Gasteiger charge is 2.49. The van der Waals surface area contributed by atoms with Crippen molar-refractivity contribution in [2.24, 2.45) is 0 Å². The van der Waals surface area contributed by atoms with Crippen LogP contribution in [0.25, 0.3) is 0 Å². The van der Waals surface area contributed by atoms with Gasteiger partial charge in [-0.1, -0.05) is 62.3 Å². The Bertz CT molecular complexity index is 709. The molecule has 0 radical (unpaired) electrons. The normalized spacial score (nSPS) is 24.5. The van der Waals surface area contributed by atoms with Crippen LogP contribution in [0.3, 0.4) is 0 Å². The fourth-order valence-corrected chi connectivity index (χ4v) is 6.47. The summed E-state index contributed by atoms with van der Waals surface area (Å²) in [5.41, 5.74) is 0. The van der Waals surface area contributed by atoms with E-state index in [2.05, 4.69) is 102 Å². The van der Waals surface area contributed by atoms with Crippen LogP contribution >= 0.6 is 0 Å². The van der Waals surface area contributed by atoms with Crippen LogP contribution in [0.5, 0.6) is 0 Å². The van der Waals surface area contributed by atoms with Crippen molar-refractivity contribution in [2.45, 2.75) is 148 Å². The Kier molecular flexibility index (Phi) is 9.82. The van der Waals surface area contributed by atoms with Crippen LogP contribution in [0, 0.1) is 0 Å². The van der Waals surface area contributed by atoms with Gasteiger partial charge in [0.05, 0.1) is 12.7 Å². The van der Waals surface area contributed by atoms with Gasteiger partial charge in [-0.05, 0) is 67.4 Å². The molecule has 0 aliphatic carbocycles. The zero-order chi connectivity index (χ0) is 27.1. The molecule has 5 nitrogen and oxygen atoms in total. The SMILES string of the molecule is C[C@H](O)C1=C[C@@H](O[Si](C)(C)C(C)(C)C)[C@H](O[Si](C)(C)C(C)(C)C)[C@@H](CO[Si](C)(C)C(C)(C)C)O1. The molecule has 0 fully saturated rings. The molecule has 0 aromatic rings. The van der Waals surface area contributed by atoms with Gasteiger partial charge in [-0.25, -0.2) is 0 Å². The molecule has 0 spiro atoms. The molecule has 0 amide bonds. The van der Waals surface area contributed by atoms with Crippen molar-refractivity contribution >= 4 is 25.0 Å². The average molecular weight is 533 g/mol. The van der Waals surface area contributed by atoms with Crippen LogP contribution in [-0.4, -0.2) is 61.1 Å². The molecule has 202 valence electrons. The minimum Gasteiger partial charge on any atom is -0.487 e. The first-order valence-corrected chi connectivity index (χ1v) is 21.6. The predicted molar refractivity (Wildman–Crippen MR) is 152 cm³/mol. The van der Waals surface area contributed by atoms with Crippen LogP contribution in [0.4, 0.5) is 0 Å². The van der Waals surface area contributed by atoms with E-state index in [0.29, 0.717) is 12.4 Å². The maximum atomic E-state index is 10.5. The summed E-state index contributed by atoms with van der Waals surface area (Å²) in [5, 5.41) is 10.7. The standard InChI is InChI=1S/C26H56O5Si3/c1-19(27)20-17-21(30-33(13,14)25(5,6)7)23(31-34(15,16)26(8,9)10)22(29-20)18-28-32(11,12)24(2,3)4/h17,19,21-23,27H,18H2,1-16H3/t19-,21+,22+,23-/m0/s1. The summed E-state index contributed by atoms with van der Waals surface area (Å²) in [5.74, 6) is 0.558. The van der Waals surface area contributed by atoms with Crippen LogP contribution < -0.4 is 0 Å². The summed E-state index contributed by atoms with van der Waals surface area (Å²) in [6.07, 6.45) is 0.331. The first-order chi connectivity index (χ1) is 14.8. The van der Waals surface area contributed by atoms with Crippen molar-refractivity contribution in [3.05, 3.63) is 11.8 Å². The first-order valence-electron chi connectivity index (χ1n) is 12.9. The molecule has 0 unspecified atom stereocenters. The zero-order valence-corrected chi connectivity index (χ0v) is 28.2. The van der Waals surface area contributed by atoms with E-state index < -0.39 is 31.1 Å². The molecular formula is C26H56O5Si3. The Labute approximate surface area is 214 Å². The van der Waals surface area contributed by atoms with E-state index in [0.717, 1.165) is 0 Å². The summed E-state index contributed by atoms with van der Waals surface area (Å²) in [7, 11) is -6.26. The number of hydrogen-bond acceptors (Lipinski definition) is 5. The molecule has 4 atom stereocenters. The Morgan fingerprint density at radius 2 is 1.21 bits per heavy atom. The third-order valence-corrected chi connectivity index (χ3v) is 22.1. The van der Waals surface area contributed by atoms with Crippen molar-refractivity contribution in [2.75, 3.05) is 6.61 Å². The molecule has 0 aromatic heterocycles. The molecule has 1 N–H and O–H groups in total. The van der Waals surface area contributed by atoms with Crippen molar-refractivity contribution in [1.82, 2.24) is 0 Å². The van der Waals surface area contributed by atoms with Gasteiger partial charge in [-0.2, -0.15) is 0 Å². The van der Waals surface area contributed by atoms with E-state index in [9.17, 15) is 5.11 Å². The maximum absolute atomic E-state index is 10.5. The van der Waals surface area contributed by atoms with Crippen LogP contribution in [0.2, 0.25) is 54.4 Å². The van der Waals surface area contributed by atoms with Gasteiger partial charge >= 0.3 is 0 Å². The second-order valence-electron chi connectivity index (χ2n) is 14.7. The molecule has 1 aliphatic rings. The molecule has 1 aliphatic heterocycles. The van der Waals surface area contributed by atoms with Gasteiger partial charge < -0.3 is 23.1 Å². The number of hydrogen-bond donors (Lipinski definition) is 1. The van der Waals surface area contributed by atoms with Gasteiger partial charge in [0.25, 0.3) is 0 Å². The zero-order valence-electron chi connectivity index (χ0n) is 25.2. The second-order valence-corrected chi connectivity index (χ2v) is 29.0.